The predicted molar refractivity (Wildman–Crippen MR) is 75.7 cm³/mol. The zero-order valence-electron chi connectivity index (χ0n) is 12.2. The number of non-ortho nitro benzene ring substituents is 1. The Labute approximate surface area is 126 Å². The number of carbonyl (C=O) groups is 2. The van der Waals surface area contributed by atoms with E-state index in [0.717, 1.165) is 0 Å². The van der Waals surface area contributed by atoms with Crippen molar-refractivity contribution in [3.05, 3.63) is 39.4 Å². The number of likely N-dealkylation sites (tertiary alicyclic amines) is 1. The van der Waals surface area contributed by atoms with E-state index in [2.05, 4.69) is 0 Å². The Bertz CT molecular complexity index is 630. The number of amides is 1. The zero-order valence-corrected chi connectivity index (χ0v) is 12.2. The van der Waals surface area contributed by atoms with Crippen LogP contribution in [0.5, 0.6) is 0 Å². The largest absolute Gasteiger partial charge is 0.480 e. The average Bonchev–Trinajstić information content (AvgIpc) is 2.90. The summed E-state index contributed by atoms with van der Waals surface area (Å²) < 4.78 is 5.14. The van der Waals surface area contributed by atoms with Crippen LogP contribution in [-0.4, -0.2) is 52.6 Å². The number of nitro groups is 1. The third-order valence-electron chi connectivity index (χ3n) is 3.79. The molecule has 1 fully saturated rings. The number of aliphatic carboxylic acids is 1. The van der Waals surface area contributed by atoms with Crippen molar-refractivity contribution in [2.45, 2.75) is 25.5 Å². The summed E-state index contributed by atoms with van der Waals surface area (Å²) in [4.78, 5) is 35.3. The van der Waals surface area contributed by atoms with Crippen LogP contribution in [0.4, 0.5) is 5.69 Å². The van der Waals surface area contributed by atoms with Crippen molar-refractivity contribution in [2.75, 3.05) is 13.7 Å². The molecule has 1 aliphatic heterocycles. The Morgan fingerprint density at radius 3 is 2.64 bits per heavy atom. The standard InChI is InChI=1S/C14H16N2O6/c1-8-5-9(16(20)21)3-4-11(8)13(17)15-7-10(22-2)6-12(15)14(18)19/h3-5,10,12H,6-7H2,1-2H3,(H,18,19). The highest BCUT2D eigenvalue weighted by molar-refractivity contribution is 5.98. The summed E-state index contributed by atoms with van der Waals surface area (Å²) in [6.45, 7) is 1.77. The number of carbonyl (C=O) groups excluding carboxylic acids is 1. The predicted octanol–water partition coefficient (Wildman–Crippen LogP) is 1.22. The number of nitrogens with zero attached hydrogens (tertiary/aromatic N) is 2. The molecule has 8 nitrogen and oxygen atoms in total. The summed E-state index contributed by atoms with van der Waals surface area (Å²) in [5, 5.41) is 20.0. The van der Waals surface area contributed by atoms with Crippen LogP contribution in [0.3, 0.4) is 0 Å². The van der Waals surface area contributed by atoms with Gasteiger partial charge in [0.2, 0.25) is 0 Å². The Morgan fingerprint density at radius 2 is 2.14 bits per heavy atom. The molecule has 2 rings (SSSR count). The van der Waals surface area contributed by atoms with Gasteiger partial charge in [-0.1, -0.05) is 0 Å². The molecule has 0 spiro atoms. The van der Waals surface area contributed by atoms with Gasteiger partial charge in [0.25, 0.3) is 11.6 Å². The second-order valence-electron chi connectivity index (χ2n) is 5.16. The van der Waals surface area contributed by atoms with E-state index in [-0.39, 0.29) is 30.3 Å². The smallest absolute Gasteiger partial charge is 0.326 e. The monoisotopic (exact) mass is 308 g/mol. The fourth-order valence-electron chi connectivity index (χ4n) is 2.58. The number of hydrogen-bond acceptors (Lipinski definition) is 5. The van der Waals surface area contributed by atoms with Gasteiger partial charge in [0.15, 0.2) is 0 Å². The van der Waals surface area contributed by atoms with E-state index in [4.69, 9.17) is 4.74 Å². The first kappa shape index (κ1) is 15.9. The number of rotatable bonds is 4. The van der Waals surface area contributed by atoms with Gasteiger partial charge in [-0.15, -0.1) is 0 Å². The van der Waals surface area contributed by atoms with Crippen LogP contribution >= 0.6 is 0 Å². The van der Waals surface area contributed by atoms with Gasteiger partial charge in [0.1, 0.15) is 6.04 Å². The van der Waals surface area contributed by atoms with Gasteiger partial charge in [-0.2, -0.15) is 0 Å². The average molecular weight is 308 g/mol. The van der Waals surface area contributed by atoms with Crippen LogP contribution in [0, 0.1) is 17.0 Å². The summed E-state index contributed by atoms with van der Waals surface area (Å²) >= 11 is 0. The van der Waals surface area contributed by atoms with Crippen molar-refractivity contribution in [2.24, 2.45) is 0 Å². The van der Waals surface area contributed by atoms with Crippen molar-refractivity contribution in [3.63, 3.8) is 0 Å². The van der Waals surface area contributed by atoms with Gasteiger partial charge in [-0.25, -0.2) is 4.79 Å². The molecule has 2 atom stereocenters. The quantitative estimate of drug-likeness (QED) is 0.661. The molecule has 1 saturated heterocycles. The first-order valence-corrected chi connectivity index (χ1v) is 6.66. The van der Waals surface area contributed by atoms with Crippen molar-refractivity contribution < 1.29 is 24.4 Å². The van der Waals surface area contributed by atoms with Crippen molar-refractivity contribution in [3.8, 4) is 0 Å². The Balaban J connectivity index is 2.30. The number of aryl methyl sites for hydroxylation is 1. The van der Waals surface area contributed by atoms with Gasteiger partial charge in [0.05, 0.1) is 11.0 Å². The summed E-state index contributed by atoms with van der Waals surface area (Å²) in [7, 11) is 1.47. The lowest BCUT2D eigenvalue weighted by molar-refractivity contribution is -0.384. The maximum Gasteiger partial charge on any atom is 0.326 e. The van der Waals surface area contributed by atoms with Crippen LogP contribution in [0.15, 0.2) is 18.2 Å². The molecule has 2 unspecified atom stereocenters. The second-order valence-corrected chi connectivity index (χ2v) is 5.16. The molecule has 0 aliphatic carbocycles. The third kappa shape index (κ3) is 2.91. The minimum atomic E-state index is -1.09. The van der Waals surface area contributed by atoms with E-state index >= 15 is 0 Å². The van der Waals surface area contributed by atoms with E-state index in [0.29, 0.717) is 5.56 Å². The molecule has 0 bridgehead atoms. The molecule has 1 amide bonds. The number of benzene rings is 1. The molecule has 1 N–H and O–H groups in total. The molecule has 22 heavy (non-hydrogen) atoms. The number of carboxylic acids is 1. The summed E-state index contributed by atoms with van der Waals surface area (Å²) in [5.41, 5.74) is 0.581. The number of nitro benzene ring substituents is 1. The molecule has 0 aromatic heterocycles. The lowest BCUT2D eigenvalue weighted by Crippen LogP contribution is -2.40. The van der Waals surface area contributed by atoms with Crippen LogP contribution in [0.25, 0.3) is 0 Å². The van der Waals surface area contributed by atoms with Crippen molar-refractivity contribution in [1.82, 2.24) is 4.90 Å². The van der Waals surface area contributed by atoms with Crippen LogP contribution in [0.1, 0.15) is 22.3 Å². The van der Waals surface area contributed by atoms with E-state index in [1.165, 1.54) is 30.2 Å². The summed E-state index contributed by atoms with van der Waals surface area (Å²) in [6.07, 6.45) is -0.104. The maximum atomic E-state index is 12.6. The Morgan fingerprint density at radius 1 is 1.45 bits per heavy atom. The lowest BCUT2D eigenvalue weighted by atomic mass is 10.1. The molecule has 1 aromatic carbocycles. The minimum Gasteiger partial charge on any atom is -0.480 e. The number of carboxylic acid groups (broad SMARTS) is 1. The van der Waals surface area contributed by atoms with Crippen LogP contribution in [-0.2, 0) is 9.53 Å². The lowest BCUT2D eigenvalue weighted by Gasteiger charge is -2.22. The highest BCUT2D eigenvalue weighted by Crippen LogP contribution is 2.25. The van der Waals surface area contributed by atoms with Gasteiger partial charge in [0, 0.05) is 37.8 Å². The van der Waals surface area contributed by atoms with Crippen LogP contribution in [0.2, 0.25) is 0 Å². The second kappa shape index (κ2) is 6.10. The summed E-state index contributed by atoms with van der Waals surface area (Å²) in [6, 6.07) is 2.94. The van der Waals surface area contributed by atoms with Crippen molar-refractivity contribution >= 4 is 17.6 Å². The topological polar surface area (TPSA) is 110 Å². The third-order valence-corrected chi connectivity index (χ3v) is 3.79. The first-order valence-electron chi connectivity index (χ1n) is 6.66. The number of hydrogen-bond donors (Lipinski definition) is 1. The molecule has 0 saturated carbocycles. The molecule has 1 heterocycles. The highest BCUT2D eigenvalue weighted by Gasteiger charge is 2.40. The van der Waals surface area contributed by atoms with E-state index in [9.17, 15) is 24.8 Å². The Kier molecular flexibility index (Phi) is 4.41. The zero-order chi connectivity index (χ0) is 16.4. The fourth-order valence-corrected chi connectivity index (χ4v) is 2.58. The normalized spacial score (nSPS) is 20.9. The molecule has 0 radical (unpaired) electrons. The number of methoxy groups -OCH3 is 1. The van der Waals surface area contributed by atoms with Gasteiger partial charge in [-0.3, -0.25) is 14.9 Å². The van der Waals surface area contributed by atoms with E-state index in [1.807, 2.05) is 0 Å². The fraction of sp³-hybridized carbons (Fsp3) is 0.429. The van der Waals surface area contributed by atoms with E-state index in [1.54, 1.807) is 6.92 Å². The number of ether oxygens (including phenoxy) is 1. The maximum absolute atomic E-state index is 12.6. The molecule has 1 aliphatic rings. The highest BCUT2D eigenvalue weighted by atomic mass is 16.6. The van der Waals surface area contributed by atoms with Gasteiger partial charge in [-0.05, 0) is 18.6 Å². The minimum absolute atomic E-state index is 0.111. The van der Waals surface area contributed by atoms with E-state index < -0.39 is 22.8 Å². The molecular weight excluding hydrogens is 292 g/mol. The summed E-state index contributed by atoms with van der Waals surface area (Å²) in [5.74, 6) is -1.55. The van der Waals surface area contributed by atoms with Gasteiger partial charge >= 0.3 is 5.97 Å². The molecule has 1 aromatic rings. The molecule has 118 valence electrons. The molecular formula is C14H16N2O6. The Hall–Kier alpha value is -2.48. The molecule has 8 heteroatoms. The van der Waals surface area contributed by atoms with Crippen LogP contribution < -0.4 is 0 Å². The van der Waals surface area contributed by atoms with Gasteiger partial charge < -0.3 is 14.7 Å². The SMILES string of the molecule is COC1CC(C(=O)O)N(C(=O)c2ccc([N+](=O)[O-])cc2C)C1. The van der Waals surface area contributed by atoms with Crippen molar-refractivity contribution in [1.29, 1.82) is 0 Å². The first-order chi connectivity index (χ1) is 10.3.